The number of fused-ring (bicyclic) bond motifs is 1. The third kappa shape index (κ3) is 4.29. The Balaban J connectivity index is 1.69. The van der Waals surface area contributed by atoms with Gasteiger partial charge in [0.25, 0.3) is 5.56 Å². The molecule has 154 valence electrons. The molecule has 8 heteroatoms. The van der Waals surface area contributed by atoms with Crippen LogP contribution in [0.25, 0.3) is 5.69 Å². The Hall–Kier alpha value is -2.22. The second-order valence-electron chi connectivity index (χ2n) is 6.86. The number of rotatable bonds is 6. The molecule has 0 saturated heterocycles. The van der Waals surface area contributed by atoms with Crippen molar-refractivity contribution >= 4 is 40.9 Å². The zero-order chi connectivity index (χ0) is 21.3. The third-order valence-electron chi connectivity index (χ3n) is 4.71. The average molecular weight is 459 g/mol. The van der Waals surface area contributed by atoms with Crippen molar-refractivity contribution in [2.24, 2.45) is 0 Å². The molecule has 0 aliphatic carbocycles. The summed E-state index contributed by atoms with van der Waals surface area (Å²) in [5, 5.41) is 1.40. The number of hydrogen-bond acceptors (Lipinski definition) is 6. The van der Waals surface area contributed by atoms with Gasteiger partial charge in [0.2, 0.25) is 0 Å². The lowest BCUT2D eigenvalue weighted by Gasteiger charge is -2.14. The molecular weight excluding hydrogens is 440 g/mol. The second kappa shape index (κ2) is 8.88. The van der Waals surface area contributed by atoms with Crippen LogP contribution >= 0.6 is 35.1 Å². The fourth-order valence-electron chi connectivity index (χ4n) is 3.20. The van der Waals surface area contributed by atoms with E-state index in [1.165, 1.54) is 11.8 Å². The monoisotopic (exact) mass is 458 g/mol. The highest BCUT2D eigenvalue weighted by Gasteiger charge is 2.27. The van der Waals surface area contributed by atoms with Gasteiger partial charge in [-0.2, -0.15) is 0 Å². The number of methoxy groups -OCH3 is 1. The molecule has 2 aromatic carbocycles. The maximum absolute atomic E-state index is 13.3. The standard InChI is InChI=1S/C22H19ClN2O3S2/c1-13-11-18-20(30-13)21(27)25(16-7-9-17(28-2)10-8-16)22(24-18)29-12-19(26)14-3-5-15(23)6-4-14/h3-10,13H,11-12H2,1-2H3. The van der Waals surface area contributed by atoms with Crippen molar-refractivity contribution in [2.45, 2.75) is 28.6 Å². The fourth-order valence-corrected chi connectivity index (χ4v) is 5.35. The molecule has 1 aliphatic rings. The highest BCUT2D eigenvalue weighted by atomic mass is 35.5. The van der Waals surface area contributed by atoms with Crippen LogP contribution in [0.4, 0.5) is 0 Å². The third-order valence-corrected chi connectivity index (χ3v) is 7.12. The molecule has 5 nitrogen and oxygen atoms in total. The van der Waals surface area contributed by atoms with Gasteiger partial charge in [0.15, 0.2) is 10.9 Å². The first-order valence-electron chi connectivity index (χ1n) is 9.35. The van der Waals surface area contributed by atoms with Crippen LogP contribution in [0.2, 0.25) is 5.02 Å². The lowest BCUT2D eigenvalue weighted by atomic mass is 10.1. The summed E-state index contributed by atoms with van der Waals surface area (Å²) in [6.45, 7) is 2.08. The summed E-state index contributed by atoms with van der Waals surface area (Å²) in [6, 6.07) is 14.0. The maximum atomic E-state index is 13.3. The van der Waals surface area contributed by atoms with Crippen molar-refractivity contribution in [3.05, 3.63) is 75.2 Å². The summed E-state index contributed by atoms with van der Waals surface area (Å²) in [6.07, 6.45) is 0.747. The Morgan fingerprint density at radius 3 is 2.60 bits per heavy atom. The molecule has 0 amide bonds. The van der Waals surface area contributed by atoms with Crippen LogP contribution in [0.1, 0.15) is 23.0 Å². The van der Waals surface area contributed by atoms with Crippen molar-refractivity contribution in [1.82, 2.24) is 9.55 Å². The van der Waals surface area contributed by atoms with Gasteiger partial charge in [-0.15, -0.1) is 11.8 Å². The van der Waals surface area contributed by atoms with Crippen molar-refractivity contribution in [3.63, 3.8) is 0 Å². The quantitative estimate of drug-likeness (QED) is 0.297. The molecule has 2 heterocycles. The molecule has 0 bridgehead atoms. The van der Waals surface area contributed by atoms with E-state index in [0.29, 0.717) is 37.3 Å². The number of hydrogen-bond donors (Lipinski definition) is 0. The Kier molecular flexibility index (Phi) is 6.22. The number of carbonyl (C=O) groups is 1. The molecular formula is C22H19ClN2O3S2. The van der Waals surface area contributed by atoms with Gasteiger partial charge in [-0.05, 0) is 48.5 Å². The van der Waals surface area contributed by atoms with E-state index in [4.69, 9.17) is 21.3 Å². The Labute approximate surface area is 187 Å². The van der Waals surface area contributed by atoms with Gasteiger partial charge in [-0.3, -0.25) is 14.2 Å². The van der Waals surface area contributed by atoms with E-state index in [1.807, 2.05) is 12.1 Å². The predicted molar refractivity (Wildman–Crippen MR) is 122 cm³/mol. The van der Waals surface area contributed by atoms with E-state index in [-0.39, 0.29) is 17.1 Å². The number of benzene rings is 2. The Morgan fingerprint density at radius 2 is 1.93 bits per heavy atom. The number of aromatic nitrogens is 2. The first kappa shape index (κ1) is 21.0. The van der Waals surface area contributed by atoms with E-state index < -0.39 is 0 Å². The minimum atomic E-state index is -0.0963. The van der Waals surface area contributed by atoms with E-state index in [1.54, 1.807) is 59.8 Å². The summed E-state index contributed by atoms with van der Waals surface area (Å²) in [5.74, 6) is 0.831. The predicted octanol–water partition coefficient (Wildman–Crippen LogP) is 4.91. The van der Waals surface area contributed by atoms with Gasteiger partial charge in [0.1, 0.15) is 5.75 Å². The van der Waals surface area contributed by atoms with Gasteiger partial charge in [-0.25, -0.2) is 4.98 Å². The second-order valence-corrected chi connectivity index (χ2v) is 9.69. The molecule has 4 rings (SSSR count). The van der Waals surface area contributed by atoms with Gasteiger partial charge < -0.3 is 4.74 Å². The molecule has 1 aromatic heterocycles. The highest BCUT2D eigenvalue weighted by Crippen LogP contribution is 2.35. The summed E-state index contributed by atoms with van der Waals surface area (Å²) in [5.41, 5.74) is 1.98. The van der Waals surface area contributed by atoms with Crippen LogP contribution in [0.5, 0.6) is 5.75 Å². The molecule has 1 aliphatic heterocycles. The maximum Gasteiger partial charge on any atom is 0.272 e. The average Bonchev–Trinajstić information content (AvgIpc) is 3.13. The van der Waals surface area contributed by atoms with Gasteiger partial charge in [0.05, 0.1) is 29.1 Å². The summed E-state index contributed by atoms with van der Waals surface area (Å²) < 4.78 is 6.81. The number of nitrogens with zero attached hydrogens (tertiary/aromatic N) is 2. The van der Waals surface area contributed by atoms with E-state index >= 15 is 0 Å². The molecule has 0 radical (unpaired) electrons. The van der Waals surface area contributed by atoms with E-state index in [2.05, 4.69) is 6.92 Å². The van der Waals surface area contributed by atoms with Crippen LogP contribution in [0, 0.1) is 0 Å². The summed E-state index contributed by atoms with van der Waals surface area (Å²) in [7, 11) is 1.60. The van der Waals surface area contributed by atoms with Gasteiger partial charge in [0, 0.05) is 22.3 Å². The zero-order valence-corrected chi connectivity index (χ0v) is 18.8. The Bertz CT molecular complexity index is 1140. The molecule has 0 saturated carbocycles. The Morgan fingerprint density at radius 1 is 1.23 bits per heavy atom. The van der Waals surface area contributed by atoms with Crippen molar-refractivity contribution in [3.8, 4) is 11.4 Å². The van der Waals surface area contributed by atoms with Crippen LogP contribution in [-0.2, 0) is 6.42 Å². The lowest BCUT2D eigenvalue weighted by molar-refractivity contribution is 0.102. The molecule has 1 unspecified atom stereocenters. The number of ketones is 1. The summed E-state index contributed by atoms with van der Waals surface area (Å²) in [4.78, 5) is 31.4. The van der Waals surface area contributed by atoms with Gasteiger partial charge >= 0.3 is 0 Å². The number of ether oxygens (including phenoxy) is 1. The smallest absolute Gasteiger partial charge is 0.272 e. The molecule has 0 fully saturated rings. The highest BCUT2D eigenvalue weighted by molar-refractivity contribution is 8.00. The first-order valence-corrected chi connectivity index (χ1v) is 11.6. The van der Waals surface area contributed by atoms with Gasteiger partial charge in [-0.1, -0.05) is 30.3 Å². The van der Waals surface area contributed by atoms with E-state index in [0.717, 1.165) is 12.1 Å². The fraction of sp³-hybridized carbons (Fsp3) is 0.227. The first-order chi connectivity index (χ1) is 14.5. The molecule has 0 N–H and O–H groups in total. The number of Topliss-reactive ketones (excluding diaryl/α,β-unsaturated/α-hetero) is 1. The molecule has 0 spiro atoms. The number of carbonyl (C=O) groups excluding carboxylic acids is 1. The summed E-state index contributed by atoms with van der Waals surface area (Å²) >= 11 is 8.73. The van der Waals surface area contributed by atoms with Crippen molar-refractivity contribution in [2.75, 3.05) is 12.9 Å². The molecule has 1 atom stereocenters. The number of thioether (sulfide) groups is 2. The minimum Gasteiger partial charge on any atom is -0.497 e. The van der Waals surface area contributed by atoms with Crippen LogP contribution in [-0.4, -0.2) is 33.4 Å². The zero-order valence-electron chi connectivity index (χ0n) is 16.4. The number of halogens is 1. The van der Waals surface area contributed by atoms with Crippen LogP contribution < -0.4 is 10.3 Å². The topological polar surface area (TPSA) is 61.2 Å². The van der Waals surface area contributed by atoms with Crippen LogP contribution in [0.15, 0.2) is 63.4 Å². The normalized spacial score (nSPS) is 15.1. The largest absolute Gasteiger partial charge is 0.497 e. The SMILES string of the molecule is COc1ccc(-n2c(SCC(=O)c3ccc(Cl)cc3)nc3c(c2=O)SC(C)C3)cc1. The van der Waals surface area contributed by atoms with Crippen molar-refractivity contribution in [1.29, 1.82) is 0 Å². The van der Waals surface area contributed by atoms with Crippen LogP contribution in [0.3, 0.4) is 0 Å². The molecule has 3 aromatic rings. The molecule has 30 heavy (non-hydrogen) atoms. The van der Waals surface area contributed by atoms with E-state index in [9.17, 15) is 9.59 Å². The minimum absolute atomic E-state index is 0.0459. The lowest BCUT2D eigenvalue weighted by Crippen LogP contribution is -2.24. The van der Waals surface area contributed by atoms with Crippen molar-refractivity contribution < 1.29 is 9.53 Å².